The molecule has 0 aromatic heterocycles. The summed E-state index contributed by atoms with van der Waals surface area (Å²) in [5.74, 6) is 0.565. The molecule has 0 fully saturated rings. The summed E-state index contributed by atoms with van der Waals surface area (Å²) in [5.41, 5.74) is 0. The Morgan fingerprint density at radius 2 is 2.06 bits per heavy atom. The van der Waals surface area contributed by atoms with E-state index in [4.69, 9.17) is 4.74 Å². The number of benzene rings is 1. The van der Waals surface area contributed by atoms with Crippen LogP contribution in [0.25, 0.3) is 0 Å². The Balaban J connectivity index is 2.15. The summed E-state index contributed by atoms with van der Waals surface area (Å²) < 4.78 is 10.0. The molecule has 1 N–H and O–H groups in total. The van der Waals surface area contributed by atoms with E-state index in [1.54, 1.807) is 6.92 Å². The molecule has 1 unspecified atom stereocenters. The number of carbonyl (C=O) groups excluding carboxylic acids is 1. The lowest BCUT2D eigenvalue weighted by Gasteiger charge is -2.11. The first-order chi connectivity index (χ1) is 7.74. The zero-order valence-corrected chi connectivity index (χ0v) is 9.60. The van der Waals surface area contributed by atoms with Crippen LogP contribution in [0.1, 0.15) is 6.92 Å². The van der Waals surface area contributed by atoms with Crippen LogP contribution < -0.4 is 10.1 Å². The molecule has 0 amide bonds. The van der Waals surface area contributed by atoms with Crippen LogP contribution in [0.5, 0.6) is 5.75 Å². The predicted molar refractivity (Wildman–Crippen MR) is 61.4 cm³/mol. The first-order valence-corrected chi connectivity index (χ1v) is 5.23. The average Bonchev–Trinajstić information content (AvgIpc) is 2.34. The second-order valence-electron chi connectivity index (χ2n) is 3.36. The van der Waals surface area contributed by atoms with Gasteiger partial charge in [0.1, 0.15) is 18.4 Å². The molecule has 0 heterocycles. The van der Waals surface area contributed by atoms with Gasteiger partial charge in [-0.25, -0.2) is 0 Å². The largest absolute Gasteiger partial charge is 0.492 e. The van der Waals surface area contributed by atoms with E-state index in [0.29, 0.717) is 13.2 Å². The van der Waals surface area contributed by atoms with Crippen LogP contribution >= 0.6 is 0 Å². The Morgan fingerprint density at radius 1 is 1.38 bits per heavy atom. The Morgan fingerprint density at radius 3 is 2.69 bits per heavy atom. The number of hydrogen-bond donors (Lipinski definition) is 1. The summed E-state index contributed by atoms with van der Waals surface area (Å²) in [6, 6.07) is 9.25. The van der Waals surface area contributed by atoms with Crippen molar-refractivity contribution in [1.82, 2.24) is 5.32 Å². The van der Waals surface area contributed by atoms with Crippen molar-refractivity contribution in [2.24, 2.45) is 0 Å². The molecule has 0 radical (unpaired) electrons. The molecular weight excluding hydrogens is 206 g/mol. The van der Waals surface area contributed by atoms with Crippen LogP contribution in [0.3, 0.4) is 0 Å². The Kier molecular flexibility index (Phi) is 5.36. The van der Waals surface area contributed by atoms with Gasteiger partial charge in [-0.1, -0.05) is 18.2 Å². The molecule has 1 rings (SSSR count). The summed E-state index contributed by atoms with van der Waals surface area (Å²) in [6.45, 7) is 2.88. The summed E-state index contributed by atoms with van der Waals surface area (Å²) in [6.07, 6.45) is 0. The SMILES string of the molecule is COC(=O)C(C)NCCOc1ccccc1. The molecule has 1 aromatic carbocycles. The lowest BCUT2D eigenvalue weighted by Crippen LogP contribution is -2.37. The maximum Gasteiger partial charge on any atom is 0.322 e. The van der Waals surface area contributed by atoms with E-state index in [-0.39, 0.29) is 12.0 Å². The molecule has 0 aliphatic heterocycles. The van der Waals surface area contributed by atoms with Crippen LogP contribution in [0.15, 0.2) is 30.3 Å². The molecule has 16 heavy (non-hydrogen) atoms. The molecule has 0 bridgehead atoms. The fourth-order valence-corrected chi connectivity index (χ4v) is 1.22. The fourth-order valence-electron chi connectivity index (χ4n) is 1.22. The van der Waals surface area contributed by atoms with Crippen LogP contribution in [0.2, 0.25) is 0 Å². The van der Waals surface area contributed by atoms with Crippen molar-refractivity contribution < 1.29 is 14.3 Å². The number of rotatable bonds is 6. The highest BCUT2D eigenvalue weighted by Gasteiger charge is 2.10. The van der Waals surface area contributed by atoms with E-state index in [2.05, 4.69) is 10.1 Å². The zero-order valence-electron chi connectivity index (χ0n) is 9.60. The molecule has 88 valence electrons. The third-order valence-electron chi connectivity index (χ3n) is 2.12. The Labute approximate surface area is 95.6 Å². The predicted octanol–water partition coefficient (Wildman–Crippen LogP) is 1.22. The normalized spacial score (nSPS) is 11.9. The maximum absolute atomic E-state index is 11.1. The fraction of sp³-hybridized carbons (Fsp3) is 0.417. The highest BCUT2D eigenvalue weighted by molar-refractivity contribution is 5.75. The van der Waals surface area contributed by atoms with Crippen molar-refractivity contribution in [3.05, 3.63) is 30.3 Å². The van der Waals surface area contributed by atoms with Crippen molar-refractivity contribution >= 4 is 5.97 Å². The standard InChI is InChI=1S/C12H17NO3/c1-10(12(14)15-2)13-8-9-16-11-6-4-3-5-7-11/h3-7,10,13H,8-9H2,1-2H3. The third-order valence-corrected chi connectivity index (χ3v) is 2.12. The van der Waals surface area contributed by atoms with E-state index in [9.17, 15) is 4.79 Å². The Hall–Kier alpha value is -1.55. The van der Waals surface area contributed by atoms with E-state index in [0.717, 1.165) is 5.75 Å². The van der Waals surface area contributed by atoms with Gasteiger partial charge in [-0.15, -0.1) is 0 Å². The molecule has 4 heteroatoms. The lowest BCUT2D eigenvalue weighted by molar-refractivity contribution is -0.142. The number of para-hydroxylation sites is 1. The first kappa shape index (κ1) is 12.5. The molecular formula is C12H17NO3. The molecule has 0 aliphatic rings. The van der Waals surface area contributed by atoms with Gasteiger partial charge in [-0.2, -0.15) is 0 Å². The number of nitrogens with one attached hydrogen (secondary N) is 1. The molecule has 4 nitrogen and oxygen atoms in total. The van der Waals surface area contributed by atoms with Gasteiger partial charge in [0.15, 0.2) is 0 Å². The van der Waals surface area contributed by atoms with Crippen molar-refractivity contribution in [1.29, 1.82) is 0 Å². The topological polar surface area (TPSA) is 47.6 Å². The van der Waals surface area contributed by atoms with Gasteiger partial charge >= 0.3 is 5.97 Å². The van der Waals surface area contributed by atoms with Gasteiger partial charge in [-0.05, 0) is 19.1 Å². The number of ether oxygens (including phenoxy) is 2. The highest BCUT2D eigenvalue weighted by Crippen LogP contribution is 2.07. The summed E-state index contributed by atoms with van der Waals surface area (Å²) in [7, 11) is 1.38. The quantitative estimate of drug-likeness (QED) is 0.582. The summed E-state index contributed by atoms with van der Waals surface area (Å²) in [4.78, 5) is 11.1. The Bertz CT molecular complexity index is 313. The van der Waals surface area contributed by atoms with E-state index in [1.807, 2.05) is 30.3 Å². The molecule has 0 aliphatic carbocycles. The minimum absolute atomic E-state index is 0.264. The minimum Gasteiger partial charge on any atom is -0.492 e. The molecule has 0 saturated heterocycles. The van der Waals surface area contributed by atoms with Crippen molar-refractivity contribution in [2.45, 2.75) is 13.0 Å². The second-order valence-corrected chi connectivity index (χ2v) is 3.36. The third kappa shape index (κ3) is 4.31. The molecule has 0 saturated carbocycles. The van der Waals surface area contributed by atoms with Crippen LogP contribution in [0.4, 0.5) is 0 Å². The van der Waals surface area contributed by atoms with Gasteiger partial charge < -0.3 is 14.8 Å². The molecule has 1 aromatic rings. The average molecular weight is 223 g/mol. The van der Waals surface area contributed by atoms with Gasteiger partial charge in [0.2, 0.25) is 0 Å². The number of methoxy groups -OCH3 is 1. The monoisotopic (exact) mass is 223 g/mol. The number of carbonyl (C=O) groups is 1. The summed E-state index contributed by atoms with van der Waals surface area (Å²) in [5, 5.41) is 3.00. The second kappa shape index (κ2) is 6.85. The van der Waals surface area contributed by atoms with Crippen LogP contribution in [0, 0.1) is 0 Å². The molecule has 0 spiro atoms. The summed E-state index contributed by atoms with van der Waals surface area (Å²) >= 11 is 0. The number of esters is 1. The minimum atomic E-state index is -0.302. The van der Waals surface area contributed by atoms with Gasteiger partial charge in [-0.3, -0.25) is 4.79 Å². The van der Waals surface area contributed by atoms with Crippen molar-refractivity contribution in [3.63, 3.8) is 0 Å². The smallest absolute Gasteiger partial charge is 0.322 e. The van der Waals surface area contributed by atoms with Crippen LogP contribution in [-0.4, -0.2) is 32.3 Å². The molecule has 1 atom stereocenters. The van der Waals surface area contributed by atoms with E-state index >= 15 is 0 Å². The first-order valence-electron chi connectivity index (χ1n) is 5.23. The van der Waals surface area contributed by atoms with Crippen LogP contribution in [-0.2, 0) is 9.53 Å². The van der Waals surface area contributed by atoms with Gasteiger partial charge in [0, 0.05) is 6.54 Å². The van der Waals surface area contributed by atoms with Gasteiger partial charge in [0.25, 0.3) is 0 Å². The van der Waals surface area contributed by atoms with E-state index in [1.165, 1.54) is 7.11 Å². The van der Waals surface area contributed by atoms with Crippen molar-refractivity contribution in [2.75, 3.05) is 20.3 Å². The zero-order chi connectivity index (χ0) is 11.8. The highest BCUT2D eigenvalue weighted by atomic mass is 16.5. The number of hydrogen-bond acceptors (Lipinski definition) is 4. The van der Waals surface area contributed by atoms with Gasteiger partial charge in [0.05, 0.1) is 7.11 Å². The van der Waals surface area contributed by atoms with E-state index < -0.39 is 0 Å². The van der Waals surface area contributed by atoms with Crippen molar-refractivity contribution in [3.8, 4) is 5.75 Å². The maximum atomic E-state index is 11.1. The lowest BCUT2D eigenvalue weighted by atomic mass is 10.3.